The first kappa shape index (κ1) is 16.7. The van der Waals surface area contributed by atoms with Crippen LogP contribution in [0.4, 0.5) is 4.79 Å². The number of rotatable bonds is 5. The molecule has 0 aliphatic carbocycles. The van der Waals surface area contributed by atoms with E-state index in [0.29, 0.717) is 0 Å². The highest BCUT2D eigenvalue weighted by molar-refractivity contribution is 6.35. The lowest BCUT2D eigenvalue weighted by atomic mass is 10.0. The van der Waals surface area contributed by atoms with Crippen LogP contribution >= 0.6 is 0 Å². The van der Waals surface area contributed by atoms with Gasteiger partial charge in [-0.25, -0.2) is 9.59 Å². The summed E-state index contributed by atoms with van der Waals surface area (Å²) in [6.07, 6.45) is -0.733. The highest BCUT2D eigenvalue weighted by Crippen LogP contribution is 2.09. The lowest BCUT2D eigenvalue weighted by Crippen LogP contribution is -2.47. The summed E-state index contributed by atoms with van der Waals surface area (Å²) in [5.74, 6) is -2.67. The summed E-state index contributed by atoms with van der Waals surface area (Å²) in [6.45, 7) is 5.04. The van der Waals surface area contributed by atoms with Crippen molar-refractivity contribution < 1.29 is 24.2 Å². The van der Waals surface area contributed by atoms with Crippen LogP contribution < -0.4 is 5.32 Å². The third-order valence-corrected chi connectivity index (χ3v) is 2.50. The lowest BCUT2D eigenvalue weighted by molar-refractivity contribution is -0.150. The Labute approximate surface area is 123 Å². The zero-order valence-corrected chi connectivity index (χ0v) is 12.3. The average Bonchev–Trinajstić information content (AvgIpc) is 2.36. The van der Waals surface area contributed by atoms with Crippen LogP contribution in [0.1, 0.15) is 26.3 Å². The molecule has 0 saturated heterocycles. The van der Waals surface area contributed by atoms with Gasteiger partial charge in [0.2, 0.25) is 0 Å². The number of ether oxygens (including phenoxy) is 1. The number of Topliss-reactive ketones (excluding diaryl/α,β-unsaturated/α-hetero) is 1. The zero-order chi connectivity index (χ0) is 16.0. The second-order valence-corrected chi connectivity index (χ2v) is 5.56. The summed E-state index contributed by atoms with van der Waals surface area (Å²) in [7, 11) is 0. The molecule has 0 bridgehead atoms. The Bertz CT molecular complexity index is 519. The van der Waals surface area contributed by atoms with Crippen LogP contribution in [-0.4, -0.2) is 34.6 Å². The SMILES string of the molecule is CC(C)(C)OC(=O)N[C@H](Cc1ccccc1)C(=O)C(=O)O. The topological polar surface area (TPSA) is 92.7 Å². The fraction of sp³-hybridized carbons (Fsp3) is 0.400. The first-order chi connectivity index (χ1) is 9.69. The molecule has 6 nitrogen and oxygen atoms in total. The Kier molecular flexibility index (Phi) is 5.46. The number of carboxylic acids is 1. The zero-order valence-electron chi connectivity index (χ0n) is 12.3. The largest absolute Gasteiger partial charge is 0.475 e. The highest BCUT2D eigenvalue weighted by Gasteiger charge is 2.28. The molecule has 0 aromatic heterocycles. The second-order valence-electron chi connectivity index (χ2n) is 5.56. The molecule has 114 valence electrons. The van der Waals surface area contributed by atoms with Gasteiger partial charge < -0.3 is 15.2 Å². The third-order valence-electron chi connectivity index (χ3n) is 2.50. The van der Waals surface area contributed by atoms with E-state index >= 15 is 0 Å². The molecule has 1 atom stereocenters. The first-order valence-corrected chi connectivity index (χ1v) is 6.49. The Balaban J connectivity index is 2.81. The maximum atomic E-state index is 11.7. The van der Waals surface area contributed by atoms with Crippen molar-refractivity contribution in [3.63, 3.8) is 0 Å². The fourth-order valence-electron chi connectivity index (χ4n) is 1.66. The smallest absolute Gasteiger partial charge is 0.408 e. The summed E-state index contributed by atoms with van der Waals surface area (Å²) < 4.78 is 5.04. The highest BCUT2D eigenvalue weighted by atomic mass is 16.6. The van der Waals surface area contributed by atoms with Crippen LogP contribution in [0.15, 0.2) is 30.3 Å². The van der Waals surface area contributed by atoms with Gasteiger partial charge in [-0.15, -0.1) is 0 Å². The summed E-state index contributed by atoms with van der Waals surface area (Å²) in [5.41, 5.74) is 0.0151. The molecule has 1 amide bonds. The van der Waals surface area contributed by atoms with Gasteiger partial charge in [0.25, 0.3) is 5.78 Å². The summed E-state index contributed by atoms with van der Waals surface area (Å²) in [6, 6.07) is 7.67. The number of hydrogen-bond donors (Lipinski definition) is 2. The standard InChI is InChI=1S/C15H19NO5/c1-15(2,3)21-14(20)16-11(12(17)13(18)19)9-10-7-5-4-6-8-10/h4-8,11H,9H2,1-3H3,(H,16,20)(H,18,19)/t11-/m1/s1. The van der Waals surface area contributed by atoms with Gasteiger partial charge in [0.1, 0.15) is 11.6 Å². The van der Waals surface area contributed by atoms with Gasteiger partial charge in [0, 0.05) is 6.42 Å². The number of hydrogen-bond acceptors (Lipinski definition) is 4. The van der Waals surface area contributed by atoms with E-state index in [1.165, 1.54) is 0 Å². The predicted octanol–water partition coefficient (Wildman–Crippen LogP) is 1.78. The lowest BCUT2D eigenvalue weighted by Gasteiger charge is -2.22. The number of ketones is 1. The number of carbonyl (C=O) groups excluding carboxylic acids is 2. The Morgan fingerprint density at radius 2 is 1.76 bits per heavy atom. The molecule has 1 aromatic rings. The maximum Gasteiger partial charge on any atom is 0.408 e. The molecular formula is C15H19NO5. The van der Waals surface area contributed by atoms with Crippen molar-refractivity contribution in [2.45, 2.75) is 38.8 Å². The van der Waals surface area contributed by atoms with Gasteiger partial charge in [-0.05, 0) is 26.3 Å². The van der Waals surface area contributed by atoms with Crippen LogP contribution in [0.25, 0.3) is 0 Å². The molecule has 0 aliphatic rings. The molecule has 0 heterocycles. The molecule has 0 saturated carbocycles. The van der Waals surface area contributed by atoms with E-state index in [-0.39, 0.29) is 6.42 Å². The quantitative estimate of drug-likeness (QED) is 0.807. The van der Waals surface area contributed by atoms with E-state index in [1.807, 2.05) is 0 Å². The van der Waals surface area contributed by atoms with Crippen molar-refractivity contribution in [2.75, 3.05) is 0 Å². The van der Waals surface area contributed by atoms with Crippen molar-refractivity contribution in [3.05, 3.63) is 35.9 Å². The maximum absolute atomic E-state index is 11.7. The van der Waals surface area contributed by atoms with Gasteiger partial charge >= 0.3 is 12.1 Å². The Hall–Kier alpha value is -2.37. The first-order valence-electron chi connectivity index (χ1n) is 6.49. The molecule has 21 heavy (non-hydrogen) atoms. The molecule has 1 rings (SSSR count). The molecule has 0 aliphatic heterocycles. The van der Waals surface area contributed by atoms with Gasteiger partial charge in [-0.1, -0.05) is 30.3 Å². The molecule has 1 aromatic carbocycles. The minimum absolute atomic E-state index is 0.0885. The van der Waals surface area contributed by atoms with E-state index in [4.69, 9.17) is 9.84 Å². The number of carboxylic acid groups (broad SMARTS) is 1. The van der Waals surface area contributed by atoms with Gasteiger partial charge in [0.15, 0.2) is 0 Å². The fourth-order valence-corrected chi connectivity index (χ4v) is 1.66. The van der Waals surface area contributed by atoms with Gasteiger partial charge in [-0.3, -0.25) is 4.79 Å². The number of carbonyl (C=O) groups is 3. The van der Waals surface area contributed by atoms with Crippen molar-refractivity contribution in [1.82, 2.24) is 5.32 Å². The van der Waals surface area contributed by atoms with Crippen LogP contribution in [0.3, 0.4) is 0 Å². The Morgan fingerprint density at radius 3 is 2.24 bits per heavy atom. The number of aliphatic carboxylic acids is 1. The van der Waals surface area contributed by atoms with E-state index in [2.05, 4.69) is 5.32 Å². The molecule has 2 N–H and O–H groups in total. The minimum Gasteiger partial charge on any atom is -0.475 e. The molecule has 0 unspecified atom stereocenters. The predicted molar refractivity (Wildman–Crippen MR) is 75.9 cm³/mol. The number of nitrogens with one attached hydrogen (secondary N) is 1. The number of benzene rings is 1. The number of amides is 1. The van der Waals surface area contributed by atoms with Crippen LogP contribution in [0.5, 0.6) is 0 Å². The third kappa shape index (κ3) is 6.07. The van der Waals surface area contributed by atoms with E-state index < -0.39 is 29.5 Å². The summed E-state index contributed by atoms with van der Waals surface area (Å²) in [5, 5.41) is 11.1. The summed E-state index contributed by atoms with van der Waals surface area (Å²) >= 11 is 0. The monoisotopic (exact) mass is 293 g/mol. The van der Waals surface area contributed by atoms with E-state index in [9.17, 15) is 14.4 Å². The molecular weight excluding hydrogens is 274 g/mol. The molecule has 0 radical (unpaired) electrons. The van der Waals surface area contributed by atoms with Gasteiger partial charge in [-0.2, -0.15) is 0 Å². The van der Waals surface area contributed by atoms with Crippen molar-refractivity contribution in [1.29, 1.82) is 0 Å². The van der Waals surface area contributed by atoms with Crippen molar-refractivity contribution >= 4 is 17.8 Å². The second kappa shape index (κ2) is 6.88. The molecule has 0 spiro atoms. The Morgan fingerprint density at radius 1 is 1.19 bits per heavy atom. The molecule has 0 fully saturated rings. The van der Waals surface area contributed by atoms with E-state index in [0.717, 1.165) is 5.56 Å². The summed E-state index contributed by atoms with van der Waals surface area (Å²) in [4.78, 5) is 34.2. The minimum atomic E-state index is -1.59. The molecule has 6 heteroatoms. The van der Waals surface area contributed by atoms with Crippen LogP contribution in [0, 0.1) is 0 Å². The number of alkyl carbamates (subject to hydrolysis) is 1. The van der Waals surface area contributed by atoms with Crippen LogP contribution in [0.2, 0.25) is 0 Å². The van der Waals surface area contributed by atoms with Crippen LogP contribution in [-0.2, 0) is 20.7 Å². The average molecular weight is 293 g/mol. The van der Waals surface area contributed by atoms with Gasteiger partial charge in [0.05, 0.1) is 0 Å². The normalized spacial score (nSPS) is 12.3. The van der Waals surface area contributed by atoms with E-state index in [1.54, 1.807) is 51.1 Å². The van der Waals surface area contributed by atoms with Crippen molar-refractivity contribution in [2.24, 2.45) is 0 Å². The van der Waals surface area contributed by atoms with Crippen molar-refractivity contribution in [3.8, 4) is 0 Å².